The third kappa shape index (κ3) is 5.88. The Balaban J connectivity index is 1.50. The van der Waals surface area contributed by atoms with E-state index in [4.69, 9.17) is 9.73 Å². The summed E-state index contributed by atoms with van der Waals surface area (Å²) in [6.45, 7) is 9.71. The number of carbonyl (C=O) groups is 1. The van der Waals surface area contributed by atoms with Crippen molar-refractivity contribution in [2.24, 2.45) is 4.99 Å². The van der Waals surface area contributed by atoms with E-state index in [2.05, 4.69) is 48.3 Å². The molecule has 0 bridgehead atoms. The summed E-state index contributed by atoms with van der Waals surface area (Å²) in [7, 11) is 0. The van der Waals surface area contributed by atoms with Crippen LogP contribution < -0.4 is 5.32 Å². The minimum atomic E-state index is -0.218. The lowest BCUT2D eigenvalue weighted by atomic mass is 10.2. The van der Waals surface area contributed by atoms with Gasteiger partial charge in [-0.3, -0.25) is 9.79 Å². The molecule has 2 atom stereocenters. The lowest BCUT2D eigenvalue weighted by Crippen LogP contribution is -2.55. The molecule has 6 nitrogen and oxygen atoms in total. The predicted molar refractivity (Wildman–Crippen MR) is 115 cm³/mol. The molecule has 0 saturated carbocycles. The number of hydrogen-bond acceptors (Lipinski definition) is 4. The summed E-state index contributed by atoms with van der Waals surface area (Å²) >= 11 is 1.85. The van der Waals surface area contributed by atoms with Gasteiger partial charge < -0.3 is 19.9 Å². The SMILES string of the molecule is CCNC(=NCC(C)Sc1ccccc1)N1CCN(C(=O)C2CCCO2)CC1. The number of carbonyl (C=O) groups excluding carboxylic acids is 1. The molecule has 2 heterocycles. The smallest absolute Gasteiger partial charge is 0.251 e. The highest BCUT2D eigenvalue weighted by Gasteiger charge is 2.30. The first kappa shape index (κ1) is 21.0. The highest BCUT2D eigenvalue weighted by molar-refractivity contribution is 8.00. The zero-order valence-corrected chi connectivity index (χ0v) is 17.8. The summed E-state index contributed by atoms with van der Waals surface area (Å²) < 4.78 is 5.55. The van der Waals surface area contributed by atoms with Gasteiger partial charge in [-0.05, 0) is 31.9 Å². The zero-order valence-electron chi connectivity index (χ0n) is 17.0. The van der Waals surface area contributed by atoms with E-state index in [1.807, 2.05) is 22.7 Å². The fourth-order valence-corrected chi connectivity index (χ4v) is 4.45. The van der Waals surface area contributed by atoms with Crippen molar-refractivity contribution in [3.63, 3.8) is 0 Å². The summed E-state index contributed by atoms with van der Waals surface area (Å²) in [5.41, 5.74) is 0. The Hall–Kier alpha value is -1.73. The molecule has 0 radical (unpaired) electrons. The summed E-state index contributed by atoms with van der Waals surface area (Å²) in [6, 6.07) is 10.5. The summed E-state index contributed by atoms with van der Waals surface area (Å²) in [4.78, 5) is 22.9. The molecule has 2 aliphatic heterocycles. The number of nitrogens with zero attached hydrogens (tertiary/aromatic N) is 3. The van der Waals surface area contributed by atoms with Crippen LogP contribution in [0.25, 0.3) is 0 Å². The number of piperazine rings is 1. The lowest BCUT2D eigenvalue weighted by Gasteiger charge is -2.37. The molecule has 2 aliphatic rings. The van der Waals surface area contributed by atoms with Crippen LogP contribution in [0.5, 0.6) is 0 Å². The Morgan fingerprint density at radius 2 is 1.96 bits per heavy atom. The van der Waals surface area contributed by atoms with Crippen LogP contribution in [-0.2, 0) is 9.53 Å². The maximum absolute atomic E-state index is 12.5. The van der Waals surface area contributed by atoms with Crippen LogP contribution in [0.2, 0.25) is 0 Å². The highest BCUT2D eigenvalue weighted by Crippen LogP contribution is 2.22. The van der Waals surface area contributed by atoms with Crippen molar-refractivity contribution in [3.05, 3.63) is 30.3 Å². The first-order valence-corrected chi connectivity index (χ1v) is 11.2. The van der Waals surface area contributed by atoms with Gasteiger partial charge >= 0.3 is 0 Å². The number of guanidine groups is 1. The molecule has 1 N–H and O–H groups in total. The summed E-state index contributed by atoms with van der Waals surface area (Å²) in [6.07, 6.45) is 1.64. The fraction of sp³-hybridized carbons (Fsp3) is 0.619. The molecule has 2 unspecified atom stereocenters. The number of aliphatic imine (C=N–C) groups is 1. The number of thioether (sulfide) groups is 1. The Morgan fingerprint density at radius 3 is 2.61 bits per heavy atom. The second kappa shape index (κ2) is 10.7. The van der Waals surface area contributed by atoms with Gasteiger partial charge in [-0.1, -0.05) is 25.1 Å². The second-order valence-corrected chi connectivity index (χ2v) is 8.76. The van der Waals surface area contributed by atoms with Gasteiger partial charge in [0.25, 0.3) is 5.91 Å². The van der Waals surface area contributed by atoms with Gasteiger partial charge in [-0.25, -0.2) is 0 Å². The van der Waals surface area contributed by atoms with E-state index in [0.29, 0.717) is 11.9 Å². The van der Waals surface area contributed by atoms with Gasteiger partial charge in [-0.2, -0.15) is 0 Å². The quantitative estimate of drug-likeness (QED) is 0.448. The zero-order chi connectivity index (χ0) is 19.8. The molecule has 28 heavy (non-hydrogen) atoms. The number of nitrogens with one attached hydrogen (secondary N) is 1. The van der Waals surface area contributed by atoms with Gasteiger partial charge in [0, 0.05) is 49.5 Å². The van der Waals surface area contributed by atoms with Crippen molar-refractivity contribution in [3.8, 4) is 0 Å². The van der Waals surface area contributed by atoms with Crippen LogP contribution >= 0.6 is 11.8 Å². The van der Waals surface area contributed by atoms with E-state index in [1.165, 1.54) is 4.90 Å². The third-order valence-corrected chi connectivity index (χ3v) is 6.11. The van der Waals surface area contributed by atoms with Crippen molar-refractivity contribution < 1.29 is 9.53 Å². The first-order chi connectivity index (χ1) is 13.7. The number of benzene rings is 1. The topological polar surface area (TPSA) is 57.2 Å². The van der Waals surface area contributed by atoms with E-state index < -0.39 is 0 Å². The van der Waals surface area contributed by atoms with Crippen LogP contribution in [0.15, 0.2) is 40.2 Å². The van der Waals surface area contributed by atoms with E-state index in [0.717, 1.165) is 58.1 Å². The molecule has 0 spiro atoms. The molecule has 2 saturated heterocycles. The Labute approximate surface area is 172 Å². The van der Waals surface area contributed by atoms with E-state index >= 15 is 0 Å². The van der Waals surface area contributed by atoms with Gasteiger partial charge in [0.15, 0.2) is 5.96 Å². The molecule has 154 valence electrons. The van der Waals surface area contributed by atoms with Crippen molar-refractivity contribution in [1.29, 1.82) is 0 Å². The minimum Gasteiger partial charge on any atom is -0.368 e. The molecule has 3 rings (SSSR count). The van der Waals surface area contributed by atoms with Crippen LogP contribution in [0.1, 0.15) is 26.7 Å². The van der Waals surface area contributed by atoms with Crippen LogP contribution in [0.4, 0.5) is 0 Å². The molecule has 7 heteroatoms. The van der Waals surface area contributed by atoms with E-state index in [-0.39, 0.29) is 12.0 Å². The Kier molecular flexibility index (Phi) is 8.03. The summed E-state index contributed by atoms with van der Waals surface area (Å²) in [5, 5.41) is 3.81. The normalized spacial score (nSPS) is 21.6. The minimum absolute atomic E-state index is 0.159. The van der Waals surface area contributed by atoms with Crippen molar-refractivity contribution >= 4 is 23.6 Å². The Morgan fingerprint density at radius 1 is 1.25 bits per heavy atom. The van der Waals surface area contributed by atoms with Crippen molar-refractivity contribution in [2.45, 2.75) is 42.9 Å². The van der Waals surface area contributed by atoms with Crippen LogP contribution in [0, 0.1) is 0 Å². The van der Waals surface area contributed by atoms with Gasteiger partial charge in [0.2, 0.25) is 0 Å². The molecule has 0 aromatic heterocycles. The van der Waals surface area contributed by atoms with Crippen molar-refractivity contribution in [2.75, 3.05) is 45.9 Å². The van der Waals surface area contributed by atoms with Gasteiger partial charge in [0.1, 0.15) is 6.10 Å². The molecule has 1 aromatic carbocycles. The third-order valence-electron chi connectivity index (χ3n) is 5.01. The monoisotopic (exact) mass is 404 g/mol. The largest absolute Gasteiger partial charge is 0.368 e. The predicted octanol–water partition coefficient (Wildman–Crippen LogP) is 2.46. The molecular formula is C21H32N4O2S. The maximum Gasteiger partial charge on any atom is 0.251 e. The van der Waals surface area contributed by atoms with Crippen LogP contribution in [-0.4, -0.2) is 78.9 Å². The Bertz CT molecular complexity index is 641. The number of ether oxygens (including phenoxy) is 1. The molecule has 2 fully saturated rings. The maximum atomic E-state index is 12.5. The molecule has 1 aromatic rings. The van der Waals surface area contributed by atoms with E-state index in [9.17, 15) is 4.79 Å². The average molecular weight is 405 g/mol. The number of amides is 1. The lowest BCUT2D eigenvalue weighted by molar-refractivity contribution is -0.142. The fourth-order valence-electron chi connectivity index (χ4n) is 3.52. The van der Waals surface area contributed by atoms with Crippen LogP contribution in [0.3, 0.4) is 0 Å². The first-order valence-electron chi connectivity index (χ1n) is 10.3. The summed E-state index contributed by atoms with van der Waals surface area (Å²) in [5.74, 6) is 1.11. The molecular weight excluding hydrogens is 372 g/mol. The average Bonchev–Trinajstić information content (AvgIpc) is 3.26. The molecule has 0 aliphatic carbocycles. The highest BCUT2D eigenvalue weighted by atomic mass is 32.2. The van der Waals surface area contributed by atoms with Crippen molar-refractivity contribution in [1.82, 2.24) is 15.1 Å². The number of hydrogen-bond donors (Lipinski definition) is 1. The van der Waals surface area contributed by atoms with Gasteiger partial charge in [0.05, 0.1) is 6.54 Å². The standard InChI is InChI=1S/C21H32N4O2S/c1-3-22-21(23-16-17(2)28-18-8-5-4-6-9-18)25-13-11-24(12-14-25)20(26)19-10-7-15-27-19/h4-6,8-9,17,19H,3,7,10-16H2,1-2H3,(H,22,23). The molecule has 1 amide bonds. The number of rotatable bonds is 6. The van der Waals surface area contributed by atoms with Gasteiger partial charge in [-0.15, -0.1) is 11.8 Å². The second-order valence-electron chi connectivity index (χ2n) is 7.25. The van der Waals surface area contributed by atoms with E-state index in [1.54, 1.807) is 0 Å².